The summed E-state index contributed by atoms with van der Waals surface area (Å²) >= 11 is 0. The summed E-state index contributed by atoms with van der Waals surface area (Å²) in [6, 6.07) is 0. The summed E-state index contributed by atoms with van der Waals surface area (Å²) < 4.78 is 10.1. The molecule has 2 unspecified atom stereocenters. The molecule has 2 atom stereocenters. The minimum absolute atomic E-state index is 0.0396. The van der Waals surface area contributed by atoms with Crippen LogP contribution in [0.2, 0.25) is 0 Å². The molecule has 0 N–H and O–H groups in total. The monoisotopic (exact) mass is 212 g/mol. The molecule has 5 nitrogen and oxygen atoms in total. The second-order valence-corrected chi connectivity index (χ2v) is 3.44. The number of ether oxygens (including phenoxy) is 1. The number of hydrogen-bond acceptors (Lipinski definition) is 5. The Kier molecular flexibility index (Phi) is 3.96. The summed E-state index contributed by atoms with van der Waals surface area (Å²) in [5, 5.41) is 3.77. The summed E-state index contributed by atoms with van der Waals surface area (Å²) in [4.78, 5) is 15.4. The Balaban J connectivity index is 2.87. The van der Waals surface area contributed by atoms with E-state index < -0.39 is 0 Å². The zero-order chi connectivity index (χ0) is 11.4. The minimum Gasteiger partial charge on any atom is -0.374 e. The average molecular weight is 212 g/mol. The lowest BCUT2D eigenvalue weighted by atomic mass is 10.0. The predicted molar refractivity (Wildman–Crippen MR) is 53.4 cm³/mol. The number of Topliss-reactive ketones (excluding diaryl/α,β-unsaturated/α-hetero) is 1. The van der Waals surface area contributed by atoms with Crippen LogP contribution in [-0.4, -0.2) is 23.0 Å². The molecule has 0 bridgehead atoms. The van der Waals surface area contributed by atoms with Crippen LogP contribution < -0.4 is 0 Å². The second kappa shape index (κ2) is 5.02. The van der Waals surface area contributed by atoms with E-state index in [1.807, 2.05) is 13.8 Å². The Morgan fingerprint density at radius 1 is 1.60 bits per heavy atom. The van der Waals surface area contributed by atoms with Gasteiger partial charge in [0, 0.05) is 7.11 Å². The first-order valence-electron chi connectivity index (χ1n) is 4.96. The summed E-state index contributed by atoms with van der Waals surface area (Å²) in [5.74, 6) is 0.601. The predicted octanol–water partition coefficient (Wildman–Crippen LogP) is 1.86. The highest BCUT2D eigenvalue weighted by Gasteiger charge is 2.23. The fraction of sp³-hybridized carbons (Fsp3) is 0.700. The molecule has 0 saturated heterocycles. The lowest BCUT2D eigenvalue weighted by Crippen LogP contribution is -2.08. The molecule has 15 heavy (non-hydrogen) atoms. The standard InChI is InChI=1S/C10H16N2O3/c1-5-8(6(2)13)10-11-9(12-15-10)7(3)14-4/h7-8H,5H2,1-4H3. The lowest BCUT2D eigenvalue weighted by Gasteiger charge is -2.04. The molecule has 1 rings (SSSR count). The molecule has 1 aromatic heterocycles. The molecule has 0 aliphatic carbocycles. The van der Waals surface area contributed by atoms with Crippen LogP contribution in [0.1, 0.15) is 50.9 Å². The normalized spacial score (nSPS) is 14.9. The molecule has 0 saturated carbocycles. The summed E-state index contributed by atoms with van der Waals surface area (Å²) in [5.41, 5.74) is 0. The first-order chi connectivity index (χ1) is 7.10. The van der Waals surface area contributed by atoms with E-state index in [9.17, 15) is 4.79 Å². The summed E-state index contributed by atoms with van der Waals surface area (Å²) in [6.07, 6.45) is 0.449. The van der Waals surface area contributed by atoms with Crippen molar-refractivity contribution in [1.82, 2.24) is 10.1 Å². The van der Waals surface area contributed by atoms with Crippen LogP contribution in [-0.2, 0) is 9.53 Å². The average Bonchev–Trinajstić information content (AvgIpc) is 2.66. The Labute approximate surface area is 88.8 Å². The van der Waals surface area contributed by atoms with E-state index in [-0.39, 0.29) is 17.8 Å². The van der Waals surface area contributed by atoms with Crippen molar-refractivity contribution < 1.29 is 14.1 Å². The number of carbonyl (C=O) groups excluding carboxylic acids is 1. The fourth-order valence-corrected chi connectivity index (χ4v) is 1.30. The van der Waals surface area contributed by atoms with Crippen molar-refractivity contribution in [2.75, 3.05) is 7.11 Å². The van der Waals surface area contributed by atoms with Gasteiger partial charge in [0.1, 0.15) is 11.9 Å². The van der Waals surface area contributed by atoms with Gasteiger partial charge in [0.05, 0.1) is 5.92 Å². The van der Waals surface area contributed by atoms with E-state index in [1.54, 1.807) is 7.11 Å². The molecule has 0 aliphatic rings. The van der Waals surface area contributed by atoms with Gasteiger partial charge in [-0.3, -0.25) is 4.79 Å². The van der Waals surface area contributed by atoms with Crippen molar-refractivity contribution in [2.24, 2.45) is 0 Å². The molecule has 0 fully saturated rings. The molecule has 5 heteroatoms. The molecular formula is C10H16N2O3. The van der Waals surface area contributed by atoms with Crippen molar-refractivity contribution in [2.45, 2.75) is 39.2 Å². The van der Waals surface area contributed by atoms with Crippen LogP contribution >= 0.6 is 0 Å². The third-order valence-corrected chi connectivity index (χ3v) is 2.37. The maximum atomic E-state index is 11.3. The second-order valence-electron chi connectivity index (χ2n) is 3.44. The van der Waals surface area contributed by atoms with Gasteiger partial charge in [0.15, 0.2) is 5.82 Å². The number of hydrogen-bond donors (Lipinski definition) is 0. The smallest absolute Gasteiger partial charge is 0.237 e. The highest BCUT2D eigenvalue weighted by Crippen LogP contribution is 2.21. The van der Waals surface area contributed by atoms with Crippen LogP contribution in [0.25, 0.3) is 0 Å². The van der Waals surface area contributed by atoms with Gasteiger partial charge in [-0.05, 0) is 20.3 Å². The van der Waals surface area contributed by atoms with Gasteiger partial charge in [0.2, 0.25) is 5.89 Å². The first kappa shape index (κ1) is 11.8. The molecule has 0 spiro atoms. The van der Waals surface area contributed by atoms with Crippen molar-refractivity contribution in [3.63, 3.8) is 0 Å². The van der Waals surface area contributed by atoms with Crippen LogP contribution in [0.15, 0.2) is 4.52 Å². The summed E-state index contributed by atoms with van der Waals surface area (Å²) in [7, 11) is 1.57. The lowest BCUT2D eigenvalue weighted by molar-refractivity contribution is -0.119. The van der Waals surface area contributed by atoms with E-state index in [0.717, 1.165) is 0 Å². The van der Waals surface area contributed by atoms with Gasteiger partial charge in [-0.25, -0.2) is 0 Å². The van der Waals surface area contributed by atoms with E-state index >= 15 is 0 Å². The van der Waals surface area contributed by atoms with Gasteiger partial charge in [-0.2, -0.15) is 4.98 Å². The van der Waals surface area contributed by atoms with Gasteiger partial charge in [-0.15, -0.1) is 0 Å². The number of carbonyl (C=O) groups is 1. The maximum Gasteiger partial charge on any atom is 0.237 e. The van der Waals surface area contributed by atoms with E-state index in [0.29, 0.717) is 18.1 Å². The van der Waals surface area contributed by atoms with Crippen molar-refractivity contribution in [3.8, 4) is 0 Å². The van der Waals surface area contributed by atoms with Crippen LogP contribution in [0, 0.1) is 0 Å². The zero-order valence-electron chi connectivity index (χ0n) is 9.48. The first-order valence-corrected chi connectivity index (χ1v) is 4.96. The number of aromatic nitrogens is 2. The molecule has 1 aromatic rings. The Morgan fingerprint density at radius 2 is 2.27 bits per heavy atom. The molecule has 0 radical (unpaired) electrons. The van der Waals surface area contributed by atoms with Gasteiger partial charge in [0.25, 0.3) is 0 Å². The molecule has 0 aromatic carbocycles. The minimum atomic E-state index is -0.296. The number of methoxy groups -OCH3 is 1. The molecule has 0 amide bonds. The maximum absolute atomic E-state index is 11.3. The van der Waals surface area contributed by atoms with E-state index in [1.165, 1.54) is 6.92 Å². The van der Waals surface area contributed by atoms with Crippen molar-refractivity contribution in [1.29, 1.82) is 0 Å². The van der Waals surface area contributed by atoms with E-state index in [4.69, 9.17) is 9.26 Å². The van der Waals surface area contributed by atoms with Crippen LogP contribution in [0.4, 0.5) is 0 Å². The van der Waals surface area contributed by atoms with Gasteiger partial charge < -0.3 is 9.26 Å². The Hall–Kier alpha value is -1.23. The number of ketones is 1. The molecule has 1 heterocycles. The Morgan fingerprint density at radius 3 is 2.73 bits per heavy atom. The highest BCUT2D eigenvalue weighted by atomic mass is 16.5. The topological polar surface area (TPSA) is 65.2 Å². The Bertz CT molecular complexity index is 335. The zero-order valence-corrected chi connectivity index (χ0v) is 9.48. The van der Waals surface area contributed by atoms with Gasteiger partial charge in [-0.1, -0.05) is 12.1 Å². The quantitative estimate of drug-likeness (QED) is 0.745. The number of rotatable bonds is 5. The third kappa shape index (κ3) is 2.62. The fourth-order valence-electron chi connectivity index (χ4n) is 1.30. The van der Waals surface area contributed by atoms with Crippen molar-refractivity contribution in [3.05, 3.63) is 11.7 Å². The van der Waals surface area contributed by atoms with Crippen molar-refractivity contribution >= 4 is 5.78 Å². The SMILES string of the molecule is CCC(C(C)=O)c1nc(C(C)OC)no1. The molecular weight excluding hydrogens is 196 g/mol. The molecule has 84 valence electrons. The molecule has 0 aliphatic heterocycles. The van der Waals surface area contributed by atoms with Crippen LogP contribution in [0.3, 0.4) is 0 Å². The van der Waals surface area contributed by atoms with E-state index in [2.05, 4.69) is 10.1 Å². The number of nitrogens with zero attached hydrogens (tertiary/aromatic N) is 2. The summed E-state index contributed by atoms with van der Waals surface area (Å²) in [6.45, 7) is 5.26. The largest absolute Gasteiger partial charge is 0.374 e. The third-order valence-electron chi connectivity index (χ3n) is 2.37. The van der Waals surface area contributed by atoms with Gasteiger partial charge >= 0.3 is 0 Å². The van der Waals surface area contributed by atoms with Crippen LogP contribution in [0.5, 0.6) is 0 Å². The highest BCUT2D eigenvalue weighted by molar-refractivity contribution is 5.82.